The first-order chi connectivity index (χ1) is 16.2. The number of carbonyl (C=O) groups excluding carboxylic acids is 2. The predicted molar refractivity (Wildman–Crippen MR) is 135 cm³/mol. The van der Waals surface area contributed by atoms with E-state index in [0.717, 1.165) is 75.1 Å². The van der Waals surface area contributed by atoms with E-state index in [4.69, 9.17) is 0 Å². The Balaban J connectivity index is 1.01. The SMILES string of the molecule is O=C(CCCCCC1CCN(C(=O)c2cc3ccncc3s2)CC1)c1cc2ccncc2s1. The van der Waals surface area contributed by atoms with Gasteiger partial charge in [0.05, 0.1) is 19.2 Å². The van der Waals surface area contributed by atoms with E-state index in [1.807, 2.05) is 41.6 Å². The Morgan fingerprint density at radius 2 is 1.52 bits per heavy atom. The fourth-order valence-electron chi connectivity index (χ4n) is 4.61. The van der Waals surface area contributed by atoms with E-state index >= 15 is 0 Å². The van der Waals surface area contributed by atoms with Crippen LogP contribution in [0.2, 0.25) is 0 Å². The summed E-state index contributed by atoms with van der Waals surface area (Å²) >= 11 is 3.08. The lowest BCUT2D eigenvalue weighted by molar-refractivity contribution is 0.0690. The van der Waals surface area contributed by atoms with E-state index in [0.29, 0.717) is 12.3 Å². The van der Waals surface area contributed by atoms with Gasteiger partial charge in [-0.15, -0.1) is 22.7 Å². The van der Waals surface area contributed by atoms with Gasteiger partial charge >= 0.3 is 0 Å². The van der Waals surface area contributed by atoms with Crippen molar-refractivity contribution in [3.63, 3.8) is 0 Å². The molecule has 0 aromatic carbocycles. The van der Waals surface area contributed by atoms with E-state index in [1.165, 1.54) is 17.8 Å². The molecule has 0 N–H and O–H groups in total. The first-order valence-corrected chi connectivity index (χ1v) is 13.3. The molecule has 5 rings (SSSR count). The number of aromatic nitrogens is 2. The van der Waals surface area contributed by atoms with Crippen LogP contribution in [0, 0.1) is 5.92 Å². The maximum Gasteiger partial charge on any atom is 0.263 e. The third kappa shape index (κ3) is 5.14. The Bertz CT molecular complexity index is 1200. The highest BCUT2D eigenvalue weighted by Gasteiger charge is 2.24. The second-order valence-corrected chi connectivity index (χ2v) is 11.0. The molecule has 1 aliphatic heterocycles. The fourth-order valence-corrected chi connectivity index (χ4v) is 6.61. The average Bonchev–Trinajstić information content (AvgIpc) is 3.48. The lowest BCUT2D eigenvalue weighted by Crippen LogP contribution is -2.38. The molecule has 7 heteroatoms. The molecule has 0 bridgehead atoms. The van der Waals surface area contributed by atoms with Crippen molar-refractivity contribution in [3.8, 4) is 0 Å². The van der Waals surface area contributed by atoms with Gasteiger partial charge in [-0.05, 0) is 60.2 Å². The van der Waals surface area contributed by atoms with Gasteiger partial charge < -0.3 is 4.90 Å². The summed E-state index contributed by atoms with van der Waals surface area (Å²) in [5.41, 5.74) is 0. The van der Waals surface area contributed by atoms with Gasteiger partial charge in [0, 0.05) is 44.3 Å². The van der Waals surface area contributed by atoms with Crippen molar-refractivity contribution in [2.75, 3.05) is 13.1 Å². The molecule has 1 saturated heterocycles. The molecule has 5 nitrogen and oxygen atoms in total. The maximum absolute atomic E-state index is 12.9. The number of nitrogens with zero attached hydrogens (tertiary/aromatic N) is 3. The number of amides is 1. The summed E-state index contributed by atoms with van der Waals surface area (Å²) in [6.07, 6.45) is 14.4. The van der Waals surface area contributed by atoms with Crippen LogP contribution in [0.3, 0.4) is 0 Å². The van der Waals surface area contributed by atoms with Crippen molar-refractivity contribution in [2.24, 2.45) is 5.92 Å². The normalized spacial score (nSPS) is 14.8. The molecule has 1 fully saturated rings. The minimum absolute atomic E-state index is 0.158. The molecule has 0 aliphatic carbocycles. The average molecular weight is 478 g/mol. The van der Waals surface area contributed by atoms with E-state index in [-0.39, 0.29) is 11.7 Å². The number of rotatable bonds is 8. The first kappa shape index (κ1) is 22.2. The second kappa shape index (κ2) is 10.1. The van der Waals surface area contributed by atoms with Crippen LogP contribution >= 0.6 is 22.7 Å². The number of fused-ring (bicyclic) bond motifs is 2. The molecule has 0 spiro atoms. The summed E-state index contributed by atoms with van der Waals surface area (Å²) in [4.78, 5) is 37.4. The van der Waals surface area contributed by atoms with Crippen LogP contribution in [0.1, 0.15) is 64.3 Å². The number of hydrogen-bond donors (Lipinski definition) is 0. The van der Waals surface area contributed by atoms with Gasteiger partial charge in [-0.1, -0.05) is 19.3 Å². The van der Waals surface area contributed by atoms with Crippen molar-refractivity contribution in [1.29, 1.82) is 0 Å². The highest BCUT2D eigenvalue weighted by atomic mass is 32.1. The zero-order valence-corrected chi connectivity index (χ0v) is 20.2. The predicted octanol–water partition coefficient (Wildman–Crippen LogP) is 6.59. The summed E-state index contributed by atoms with van der Waals surface area (Å²) in [6.45, 7) is 1.69. The Morgan fingerprint density at radius 3 is 2.18 bits per heavy atom. The Labute approximate surface area is 201 Å². The van der Waals surface area contributed by atoms with Crippen LogP contribution in [0.25, 0.3) is 20.2 Å². The number of carbonyl (C=O) groups is 2. The summed E-state index contributed by atoms with van der Waals surface area (Å²) in [5, 5.41) is 2.20. The number of hydrogen-bond acceptors (Lipinski definition) is 6. The summed E-state index contributed by atoms with van der Waals surface area (Å²) < 4.78 is 2.15. The maximum atomic E-state index is 12.9. The van der Waals surface area contributed by atoms with Gasteiger partial charge in [0.15, 0.2) is 5.78 Å². The lowest BCUT2D eigenvalue weighted by Gasteiger charge is -2.31. The molecule has 4 aromatic rings. The van der Waals surface area contributed by atoms with Gasteiger partial charge in [-0.2, -0.15) is 0 Å². The zero-order valence-electron chi connectivity index (χ0n) is 18.5. The molecule has 1 aliphatic rings. The summed E-state index contributed by atoms with van der Waals surface area (Å²) in [6, 6.07) is 7.91. The zero-order chi connectivity index (χ0) is 22.6. The number of piperidine rings is 1. The Hall–Kier alpha value is -2.64. The molecule has 170 valence electrons. The van der Waals surface area contributed by atoms with Gasteiger partial charge in [-0.3, -0.25) is 19.6 Å². The smallest absolute Gasteiger partial charge is 0.263 e. The van der Waals surface area contributed by atoms with Crippen LogP contribution in [-0.4, -0.2) is 39.6 Å². The van der Waals surface area contributed by atoms with Crippen molar-refractivity contribution in [2.45, 2.75) is 44.9 Å². The third-order valence-electron chi connectivity index (χ3n) is 6.55. The molecule has 1 amide bonds. The number of Topliss-reactive ketones (excluding diaryl/α,β-unsaturated/α-hetero) is 1. The van der Waals surface area contributed by atoms with E-state index in [9.17, 15) is 9.59 Å². The molecular formula is C26H27N3O2S2. The second-order valence-electron chi connectivity index (χ2n) is 8.81. The van der Waals surface area contributed by atoms with Gasteiger partial charge in [0.2, 0.25) is 0 Å². The van der Waals surface area contributed by atoms with Gasteiger partial charge in [-0.25, -0.2) is 0 Å². The molecule has 4 aromatic heterocycles. The highest BCUT2D eigenvalue weighted by Crippen LogP contribution is 2.29. The van der Waals surface area contributed by atoms with Crippen LogP contribution in [0.15, 0.2) is 49.1 Å². The number of ketones is 1. The van der Waals surface area contributed by atoms with Crippen LogP contribution in [0.5, 0.6) is 0 Å². The minimum atomic E-state index is 0.158. The summed E-state index contributed by atoms with van der Waals surface area (Å²) in [7, 11) is 0. The first-order valence-electron chi connectivity index (χ1n) is 11.7. The largest absolute Gasteiger partial charge is 0.338 e. The number of likely N-dealkylation sites (tertiary alicyclic amines) is 1. The Kier molecular flexibility index (Phi) is 6.78. The fraction of sp³-hybridized carbons (Fsp3) is 0.385. The highest BCUT2D eigenvalue weighted by molar-refractivity contribution is 7.21. The molecule has 0 unspecified atom stereocenters. The van der Waals surface area contributed by atoms with Gasteiger partial charge in [0.25, 0.3) is 5.91 Å². The number of unbranched alkanes of at least 4 members (excludes halogenated alkanes) is 2. The van der Waals surface area contributed by atoms with E-state index in [1.54, 1.807) is 23.7 Å². The van der Waals surface area contributed by atoms with Crippen molar-refractivity contribution in [3.05, 3.63) is 58.8 Å². The molecule has 0 radical (unpaired) electrons. The molecule has 0 atom stereocenters. The van der Waals surface area contributed by atoms with E-state index in [2.05, 4.69) is 9.97 Å². The molecule has 33 heavy (non-hydrogen) atoms. The van der Waals surface area contributed by atoms with Crippen LogP contribution in [0.4, 0.5) is 0 Å². The minimum Gasteiger partial charge on any atom is -0.338 e. The molecular weight excluding hydrogens is 450 g/mol. The number of pyridine rings is 2. The van der Waals surface area contributed by atoms with Crippen molar-refractivity contribution < 1.29 is 9.59 Å². The standard InChI is InChI=1S/C26H27N3O2S2/c30-21(22-14-19-6-10-27-16-24(19)32-22)5-3-1-2-4-18-8-12-29(13-9-18)26(31)23-15-20-7-11-28-17-25(20)33-23/h6-7,10-11,14-18H,1-5,8-9,12-13H2. The quantitative estimate of drug-likeness (QED) is 0.212. The van der Waals surface area contributed by atoms with Crippen LogP contribution < -0.4 is 0 Å². The van der Waals surface area contributed by atoms with E-state index < -0.39 is 0 Å². The van der Waals surface area contributed by atoms with Gasteiger partial charge in [0.1, 0.15) is 0 Å². The molecule has 5 heterocycles. The lowest BCUT2D eigenvalue weighted by atomic mass is 9.91. The topological polar surface area (TPSA) is 63.2 Å². The Morgan fingerprint density at radius 1 is 0.879 bits per heavy atom. The monoisotopic (exact) mass is 477 g/mol. The molecule has 0 saturated carbocycles. The van der Waals surface area contributed by atoms with Crippen LogP contribution in [-0.2, 0) is 0 Å². The summed E-state index contributed by atoms with van der Waals surface area (Å²) in [5.74, 6) is 1.09. The third-order valence-corrected chi connectivity index (χ3v) is 8.75. The van der Waals surface area contributed by atoms with Crippen molar-refractivity contribution >= 4 is 54.5 Å². The van der Waals surface area contributed by atoms with Crippen molar-refractivity contribution in [1.82, 2.24) is 14.9 Å². The number of thiophene rings is 2.